The van der Waals surface area contributed by atoms with E-state index < -0.39 is 0 Å². The van der Waals surface area contributed by atoms with Crippen LogP contribution in [0.15, 0.2) is 0 Å². The number of unbranched alkanes of at least 4 members (excludes halogenated alkanes) is 9. The Kier molecular flexibility index (Phi) is 38.3. The first-order valence-corrected chi connectivity index (χ1v) is 16.6. The van der Waals surface area contributed by atoms with Crippen LogP contribution in [0.1, 0.15) is 71.1 Å². The number of nitrogens with zero attached hydrogens (tertiary/aromatic N) is 1. The monoisotopic (exact) mass is 609 g/mol. The van der Waals surface area contributed by atoms with Crippen molar-refractivity contribution in [3.8, 4) is 0 Å². The first-order valence-electron chi connectivity index (χ1n) is 16.6. The van der Waals surface area contributed by atoms with Crippen molar-refractivity contribution in [3.63, 3.8) is 0 Å². The SMILES string of the molecule is CCCCCCCCCCCCOCCOCCOCCOCCOCCOCCOCCOCCOCCN(C)C. The van der Waals surface area contributed by atoms with Crippen LogP contribution < -0.4 is 0 Å². The molecule has 0 saturated heterocycles. The van der Waals surface area contributed by atoms with Crippen LogP contribution >= 0.6 is 0 Å². The molecule has 0 N–H and O–H groups in total. The Balaban J connectivity index is 3.03. The Bertz CT molecular complexity index is 475. The third-order valence-electron chi connectivity index (χ3n) is 6.30. The smallest absolute Gasteiger partial charge is 0.0701 e. The minimum absolute atomic E-state index is 0.539. The van der Waals surface area contributed by atoms with Gasteiger partial charge < -0.3 is 47.5 Å². The van der Waals surface area contributed by atoms with Gasteiger partial charge in [0.25, 0.3) is 0 Å². The summed E-state index contributed by atoms with van der Waals surface area (Å²) in [7, 11) is 4.05. The fourth-order valence-electron chi connectivity index (χ4n) is 3.80. The van der Waals surface area contributed by atoms with E-state index in [2.05, 4.69) is 11.8 Å². The van der Waals surface area contributed by atoms with E-state index in [1.165, 1.54) is 57.8 Å². The van der Waals surface area contributed by atoms with Crippen molar-refractivity contribution in [1.29, 1.82) is 0 Å². The van der Waals surface area contributed by atoms with Crippen molar-refractivity contribution in [2.24, 2.45) is 0 Å². The average Bonchev–Trinajstić information content (AvgIpc) is 2.98. The second kappa shape index (κ2) is 38.6. The Morgan fingerprint density at radius 1 is 0.286 bits per heavy atom. The summed E-state index contributed by atoms with van der Waals surface area (Å²) in [5.41, 5.74) is 0. The molecule has 0 fully saturated rings. The average molecular weight is 610 g/mol. The predicted molar refractivity (Wildman–Crippen MR) is 168 cm³/mol. The molecular formula is C32H67NO9. The minimum atomic E-state index is 0.539. The summed E-state index contributed by atoms with van der Waals surface area (Å²) < 4.78 is 49.5. The molecule has 254 valence electrons. The summed E-state index contributed by atoms with van der Waals surface area (Å²) in [5.74, 6) is 0. The lowest BCUT2D eigenvalue weighted by Crippen LogP contribution is -2.19. The molecule has 0 bridgehead atoms. The Labute approximate surface area is 258 Å². The quantitative estimate of drug-likeness (QED) is 0.0925. The molecule has 0 aliphatic carbocycles. The zero-order chi connectivity index (χ0) is 30.4. The molecule has 42 heavy (non-hydrogen) atoms. The zero-order valence-corrected chi connectivity index (χ0v) is 27.6. The molecule has 0 aliphatic heterocycles. The molecule has 10 heteroatoms. The Morgan fingerprint density at radius 2 is 0.524 bits per heavy atom. The van der Waals surface area contributed by atoms with Crippen LogP contribution in [0, 0.1) is 0 Å². The largest absolute Gasteiger partial charge is 0.379 e. The van der Waals surface area contributed by atoms with Gasteiger partial charge in [0.05, 0.1) is 112 Å². The van der Waals surface area contributed by atoms with Crippen LogP contribution in [0.25, 0.3) is 0 Å². The van der Waals surface area contributed by atoms with Crippen LogP contribution in [-0.2, 0) is 42.6 Å². The Hall–Kier alpha value is -0.400. The fraction of sp³-hybridized carbons (Fsp3) is 1.00. The third-order valence-corrected chi connectivity index (χ3v) is 6.30. The van der Waals surface area contributed by atoms with Crippen LogP contribution in [0.5, 0.6) is 0 Å². The van der Waals surface area contributed by atoms with E-state index in [1.54, 1.807) is 0 Å². The van der Waals surface area contributed by atoms with Gasteiger partial charge in [-0.2, -0.15) is 0 Å². The van der Waals surface area contributed by atoms with Crippen LogP contribution in [0.4, 0.5) is 0 Å². The zero-order valence-electron chi connectivity index (χ0n) is 27.6. The standard InChI is InChI=1S/C32H67NO9/c1-4-5-6-7-8-9-10-11-12-13-15-34-17-19-36-21-23-38-25-27-40-29-31-42-32-30-41-28-26-39-24-22-37-20-18-35-16-14-33(2)3/h4-32H2,1-3H3. The third kappa shape index (κ3) is 39.6. The summed E-state index contributed by atoms with van der Waals surface area (Å²) in [6.45, 7) is 13.8. The number of hydrogen-bond acceptors (Lipinski definition) is 10. The summed E-state index contributed by atoms with van der Waals surface area (Å²) in [6.07, 6.45) is 13.5. The van der Waals surface area contributed by atoms with Crippen LogP contribution in [-0.4, -0.2) is 144 Å². The molecule has 0 aromatic carbocycles. The van der Waals surface area contributed by atoms with Crippen molar-refractivity contribution < 1.29 is 42.6 Å². The van der Waals surface area contributed by atoms with Gasteiger partial charge in [0, 0.05) is 13.2 Å². The first-order chi connectivity index (χ1) is 20.8. The van der Waals surface area contributed by atoms with Gasteiger partial charge in [-0.15, -0.1) is 0 Å². The van der Waals surface area contributed by atoms with Gasteiger partial charge >= 0.3 is 0 Å². The maximum absolute atomic E-state index is 5.64. The minimum Gasteiger partial charge on any atom is -0.379 e. The molecule has 0 aromatic heterocycles. The highest BCUT2D eigenvalue weighted by atomic mass is 16.6. The highest BCUT2D eigenvalue weighted by Crippen LogP contribution is 2.10. The van der Waals surface area contributed by atoms with Crippen molar-refractivity contribution >= 4 is 0 Å². The highest BCUT2D eigenvalue weighted by Gasteiger charge is 1.97. The van der Waals surface area contributed by atoms with E-state index in [0.717, 1.165) is 26.2 Å². The van der Waals surface area contributed by atoms with Gasteiger partial charge in [0.1, 0.15) is 0 Å². The first kappa shape index (κ1) is 41.6. The molecule has 0 amide bonds. The molecule has 0 spiro atoms. The normalized spacial score (nSPS) is 11.7. The maximum Gasteiger partial charge on any atom is 0.0701 e. The molecule has 10 nitrogen and oxygen atoms in total. The molecule has 0 aliphatic rings. The van der Waals surface area contributed by atoms with Gasteiger partial charge in [0.15, 0.2) is 0 Å². The van der Waals surface area contributed by atoms with Crippen LogP contribution in [0.2, 0.25) is 0 Å². The highest BCUT2D eigenvalue weighted by molar-refractivity contribution is 4.47. The lowest BCUT2D eigenvalue weighted by molar-refractivity contribution is -0.0251. The van der Waals surface area contributed by atoms with E-state index in [0.29, 0.717) is 106 Å². The molecule has 0 rings (SSSR count). The Morgan fingerprint density at radius 3 is 0.810 bits per heavy atom. The number of hydrogen-bond donors (Lipinski definition) is 0. The molecule has 0 radical (unpaired) electrons. The summed E-state index contributed by atoms with van der Waals surface area (Å²) in [4.78, 5) is 2.09. The van der Waals surface area contributed by atoms with Crippen molar-refractivity contribution in [2.75, 3.05) is 140 Å². The van der Waals surface area contributed by atoms with Crippen molar-refractivity contribution in [2.45, 2.75) is 71.1 Å². The van der Waals surface area contributed by atoms with Gasteiger partial charge in [-0.3, -0.25) is 0 Å². The van der Waals surface area contributed by atoms with Crippen molar-refractivity contribution in [1.82, 2.24) is 4.90 Å². The van der Waals surface area contributed by atoms with E-state index in [4.69, 9.17) is 42.6 Å². The summed E-state index contributed by atoms with van der Waals surface area (Å²) in [6, 6.07) is 0. The van der Waals surface area contributed by atoms with Gasteiger partial charge in [-0.1, -0.05) is 64.7 Å². The van der Waals surface area contributed by atoms with Gasteiger partial charge in [0.2, 0.25) is 0 Å². The topological polar surface area (TPSA) is 86.3 Å². The van der Waals surface area contributed by atoms with E-state index >= 15 is 0 Å². The van der Waals surface area contributed by atoms with E-state index in [-0.39, 0.29) is 0 Å². The van der Waals surface area contributed by atoms with Crippen LogP contribution in [0.3, 0.4) is 0 Å². The molecule has 0 atom stereocenters. The molecule has 0 aromatic rings. The van der Waals surface area contributed by atoms with Gasteiger partial charge in [-0.25, -0.2) is 0 Å². The fourth-order valence-corrected chi connectivity index (χ4v) is 3.80. The number of ether oxygens (including phenoxy) is 9. The molecular weight excluding hydrogens is 542 g/mol. The lowest BCUT2D eigenvalue weighted by atomic mass is 10.1. The van der Waals surface area contributed by atoms with Gasteiger partial charge in [-0.05, 0) is 20.5 Å². The number of likely N-dealkylation sites (N-methyl/N-ethyl adjacent to an activating group) is 1. The van der Waals surface area contributed by atoms with E-state index in [1.807, 2.05) is 14.1 Å². The second-order valence-electron chi connectivity index (χ2n) is 10.5. The summed E-state index contributed by atoms with van der Waals surface area (Å²) >= 11 is 0. The maximum atomic E-state index is 5.64. The van der Waals surface area contributed by atoms with E-state index in [9.17, 15) is 0 Å². The molecule has 0 saturated carbocycles. The molecule has 0 heterocycles. The second-order valence-corrected chi connectivity index (χ2v) is 10.5. The number of rotatable bonds is 38. The molecule has 0 unspecified atom stereocenters. The lowest BCUT2D eigenvalue weighted by Gasteiger charge is -2.10. The van der Waals surface area contributed by atoms with Crippen molar-refractivity contribution in [3.05, 3.63) is 0 Å². The predicted octanol–water partition coefficient (Wildman–Crippen LogP) is 4.62. The summed E-state index contributed by atoms with van der Waals surface area (Å²) in [5, 5.41) is 0.